The van der Waals surface area contributed by atoms with E-state index in [9.17, 15) is 5.21 Å². The second-order valence-corrected chi connectivity index (χ2v) is 9.92. The lowest BCUT2D eigenvalue weighted by Gasteiger charge is -2.35. The summed E-state index contributed by atoms with van der Waals surface area (Å²) in [6, 6.07) is 0. The third-order valence-electron chi connectivity index (χ3n) is 7.07. The van der Waals surface area contributed by atoms with Crippen molar-refractivity contribution >= 4 is 11.4 Å². The molecule has 1 aliphatic rings. The van der Waals surface area contributed by atoms with Crippen molar-refractivity contribution in [2.24, 2.45) is 16.1 Å². The summed E-state index contributed by atoms with van der Waals surface area (Å²) in [4.78, 5) is 4.53. The summed E-state index contributed by atoms with van der Waals surface area (Å²) in [5.74, 6) is 0.642. The first-order valence-electron chi connectivity index (χ1n) is 11.5. The molecule has 6 nitrogen and oxygen atoms in total. The zero-order chi connectivity index (χ0) is 22.1. The quantitative estimate of drug-likeness (QED) is 0.395. The van der Waals surface area contributed by atoms with E-state index >= 15 is 0 Å². The van der Waals surface area contributed by atoms with Crippen LogP contribution in [0, 0.1) is 5.92 Å². The lowest BCUT2D eigenvalue weighted by molar-refractivity contribution is 0.296. The minimum Gasteiger partial charge on any atom is -0.411 e. The standard InChI is InChI=1S/C23H47N5O/c1-9-23(7,10-2)27-16-13-18-11-14-25-21(3,4)19(24-8)17-20(28-29)22(5,6)26-15-12-18/h18,25-27,29H,9-17H2,1-8H3/b24-19?,28-20-. The van der Waals surface area contributed by atoms with Gasteiger partial charge in [0, 0.05) is 24.7 Å². The van der Waals surface area contributed by atoms with Gasteiger partial charge >= 0.3 is 0 Å². The van der Waals surface area contributed by atoms with Crippen molar-refractivity contribution in [3.05, 3.63) is 0 Å². The lowest BCUT2D eigenvalue weighted by atomic mass is 9.86. The van der Waals surface area contributed by atoms with Crippen LogP contribution in [-0.4, -0.2) is 59.9 Å². The number of rotatable bonds is 6. The van der Waals surface area contributed by atoms with E-state index in [1.165, 1.54) is 6.42 Å². The fraction of sp³-hybridized carbons (Fsp3) is 0.913. The van der Waals surface area contributed by atoms with Crippen LogP contribution in [0.2, 0.25) is 0 Å². The van der Waals surface area contributed by atoms with Crippen molar-refractivity contribution in [2.75, 3.05) is 26.7 Å². The van der Waals surface area contributed by atoms with E-state index in [0.29, 0.717) is 12.3 Å². The molecule has 1 fully saturated rings. The van der Waals surface area contributed by atoms with Gasteiger partial charge in [0.15, 0.2) is 0 Å². The molecule has 0 amide bonds. The minimum atomic E-state index is -0.369. The maximum absolute atomic E-state index is 9.67. The first-order valence-corrected chi connectivity index (χ1v) is 11.5. The van der Waals surface area contributed by atoms with Crippen LogP contribution < -0.4 is 16.0 Å². The van der Waals surface area contributed by atoms with Gasteiger partial charge in [-0.3, -0.25) is 4.99 Å². The van der Waals surface area contributed by atoms with E-state index in [4.69, 9.17) is 0 Å². The van der Waals surface area contributed by atoms with Crippen LogP contribution in [0.5, 0.6) is 0 Å². The number of nitrogens with zero attached hydrogens (tertiary/aromatic N) is 2. The van der Waals surface area contributed by atoms with Gasteiger partial charge in [-0.25, -0.2) is 0 Å². The van der Waals surface area contributed by atoms with Crippen molar-refractivity contribution in [1.29, 1.82) is 0 Å². The molecule has 0 aromatic heterocycles. The van der Waals surface area contributed by atoms with Crippen molar-refractivity contribution < 1.29 is 5.21 Å². The number of aliphatic imine (C=N–C) groups is 1. The molecule has 1 aliphatic heterocycles. The van der Waals surface area contributed by atoms with Crippen LogP contribution in [0.15, 0.2) is 10.1 Å². The smallest absolute Gasteiger partial charge is 0.0821 e. The molecule has 0 aromatic rings. The summed E-state index contributed by atoms with van der Waals surface area (Å²) in [7, 11) is 1.83. The normalized spacial score (nSPS) is 26.8. The highest BCUT2D eigenvalue weighted by molar-refractivity contribution is 6.11. The maximum atomic E-state index is 9.67. The van der Waals surface area contributed by atoms with Gasteiger partial charge in [-0.1, -0.05) is 19.0 Å². The summed E-state index contributed by atoms with van der Waals surface area (Å²) in [6.07, 6.45) is 6.32. The van der Waals surface area contributed by atoms with Crippen molar-refractivity contribution in [3.63, 3.8) is 0 Å². The predicted molar refractivity (Wildman–Crippen MR) is 126 cm³/mol. The highest BCUT2D eigenvalue weighted by Crippen LogP contribution is 2.21. The van der Waals surface area contributed by atoms with E-state index in [1.807, 2.05) is 7.05 Å². The van der Waals surface area contributed by atoms with Crippen LogP contribution in [0.1, 0.15) is 87.0 Å². The molecule has 6 heteroatoms. The Hall–Kier alpha value is -0.980. The summed E-state index contributed by atoms with van der Waals surface area (Å²) in [5.41, 5.74) is 1.39. The van der Waals surface area contributed by atoms with Gasteiger partial charge in [0.05, 0.1) is 16.8 Å². The van der Waals surface area contributed by atoms with Gasteiger partial charge in [-0.15, -0.1) is 0 Å². The fourth-order valence-corrected chi connectivity index (χ4v) is 4.01. The molecule has 1 heterocycles. The van der Waals surface area contributed by atoms with E-state index < -0.39 is 0 Å². The topological polar surface area (TPSA) is 81.0 Å². The summed E-state index contributed by atoms with van der Waals surface area (Å²) < 4.78 is 0. The molecule has 1 atom stereocenters. The van der Waals surface area contributed by atoms with Gasteiger partial charge in [-0.2, -0.15) is 0 Å². The average molecular weight is 410 g/mol. The summed E-state index contributed by atoms with van der Waals surface area (Å²) in [5, 5.41) is 24.4. The van der Waals surface area contributed by atoms with Crippen LogP contribution in [-0.2, 0) is 0 Å². The number of hydrogen-bond acceptors (Lipinski definition) is 6. The average Bonchev–Trinajstić information content (AvgIpc) is 2.66. The van der Waals surface area contributed by atoms with E-state index in [-0.39, 0.29) is 16.6 Å². The molecule has 4 N–H and O–H groups in total. The Balaban J connectivity index is 2.88. The molecule has 0 bridgehead atoms. The molecule has 0 saturated carbocycles. The van der Waals surface area contributed by atoms with Gasteiger partial charge in [0.2, 0.25) is 0 Å². The highest BCUT2D eigenvalue weighted by Gasteiger charge is 2.32. The SMILES string of the molecule is CCC(C)(CC)NCCC1CCNC(C)(C)C(=NC)C/C(=N/O)C(C)(C)NCC1. The van der Waals surface area contributed by atoms with Crippen LogP contribution in [0.25, 0.3) is 0 Å². The Kier molecular flexibility index (Phi) is 10.3. The molecule has 0 spiro atoms. The zero-order valence-corrected chi connectivity index (χ0v) is 20.3. The summed E-state index contributed by atoms with van der Waals surface area (Å²) in [6.45, 7) is 18.3. The second kappa shape index (κ2) is 11.4. The zero-order valence-electron chi connectivity index (χ0n) is 20.3. The Bertz CT molecular complexity index is 513. The molecule has 170 valence electrons. The second-order valence-electron chi connectivity index (χ2n) is 9.92. The third kappa shape index (κ3) is 7.99. The van der Waals surface area contributed by atoms with Gasteiger partial charge < -0.3 is 21.2 Å². The van der Waals surface area contributed by atoms with Crippen molar-refractivity contribution in [1.82, 2.24) is 16.0 Å². The molecule has 29 heavy (non-hydrogen) atoms. The fourth-order valence-electron chi connectivity index (χ4n) is 4.01. The Morgan fingerprint density at radius 3 is 2.00 bits per heavy atom. The predicted octanol–water partition coefficient (Wildman–Crippen LogP) is 3.98. The van der Waals surface area contributed by atoms with Gasteiger partial charge in [0.25, 0.3) is 0 Å². The first kappa shape index (κ1) is 26.1. The lowest BCUT2D eigenvalue weighted by Crippen LogP contribution is -2.53. The molecule has 0 aromatic carbocycles. The molecule has 1 unspecified atom stereocenters. The largest absolute Gasteiger partial charge is 0.411 e. The Labute approximate surface area is 179 Å². The molecule has 0 aliphatic carbocycles. The van der Waals surface area contributed by atoms with Gasteiger partial charge in [0.1, 0.15) is 0 Å². The van der Waals surface area contributed by atoms with Crippen LogP contribution in [0.4, 0.5) is 0 Å². The number of nitrogens with one attached hydrogen (secondary N) is 3. The van der Waals surface area contributed by atoms with Crippen LogP contribution >= 0.6 is 0 Å². The van der Waals surface area contributed by atoms with Crippen molar-refractivity contribution in [2.45, 2.75) is 104 Å². The maximum Gasteiger partial charge on any atom is 0.0821 e. The van der Waals surface area contributed by atoms with Gasteiger partial charge in [-0.05, 0) is 92.3 Å². The third-order valence-corrected chi connectivity index (χ3v) is 7.07. The monoisotopic (exact) mass is 409 g/mol. The molecule has 0 radical (unpaired) electrons. The Morgan fingerprint density at radius 2 is 1.55 bits per heavy atom. The molecular weight excluding hydrogens is 362 g/mol. The van der Waals surface area contributed by atoms with E-state index in [2.05, 4.69) is 74.6 Å². The van der Waals surface area contributed by atoms with Crippen molar-refractivity contribution in [3.8, 4) is 0 Å². The number of oxime groups is 1. The molecular formula is C23H47N5O. The molecule has 1 rings (SSSR count). The first-order chi connectivity index (χ1) is 13.5. The minimum absolute atomic E-state index is 0.230. The number of hydrogen-bond donors (Lipinski definition) is 4. The van der Waals surface area contributed by atoms with E-state index in [1.54, 1.807) is 0 Å². The highest BCUT2D eigenvalue weighted by atomic mass is 16.4. The van der Waals surface area contributed by atoms with E-state index in [0.717, 1.165) is 56.7 Å². The van der Waals surface area contributed by atoms with Crippen LogP contribution in [0.3, 0.4) is 0 Å². The summed E-state index contributed by atoms with van der Waals surface area (Å²) >= 11 is 0. The molecule has 1 saturated heterocycles. The Morgan fingerprint density at radius 1 is 1.03 bits per heavy atom.